The predicted molar refractivity (Wildman–Crippen MR) is 37.8 cm³/mol. The summed E-state index contributed by atoms with van der Waals surface area (Å²) >= 11 is 0. The summed E-state index contributed by atoms with van der Waals surface area (Å²) in [6.45, 7) is -1.24. The number of carbonyl (C=O) groups excluding carboxylic acids is 1. The van der Waals surface area contributed by atoms with Crippen molar-refractivity contribution in [2.75, 3.05) is 6.86 Å². The first-order chi connectivity index (χ1) is 5.75. The number of halogens is 2. The third-order valence-corrected chi connectivity index (χ3v) is 1.28. The SMILES string of the molecule is O=C(OCF)c1ccccc1F. The first-order valence-electron chi connectivity index (χ1n) is 3.23. The van der Waals surface area contributed by atoms with Gasteiger partial charge in [0.25, 0.3) is 0 Å². The summed E-state index contributed by atoms with van der Waals surface area (Å²) in [4.78, 5) is 10.8. The van der Waals surface area contributed by atoms with Crippen LogP contribution in [0.2, 0.25) is 0 Å². The molecule has 64 valence electrons. The molecule has 0 aliphatic rings. The van der Waals surface area contributed by atoms with E-state index in [0.29, 0.717) is 0 Å². The number of alkyl halides is 1. The number of benzene rings is 1. The maximum atomic E-state index is 12.7. The van der Waals surface area contributed by atoms with Gasteiger partial charge in [-0.05, 0) is 12.1 Å². The van der Waals surface area contributed by atoms with E-state index in [4.69, 9.17) is 0 Å². The van der Waals surface area contributed by atoms with Crippen LogP contribution in [-0.2, 0) is 4.74 Å². The number of esters is 1. The van der Waals surface area contributed by atoms with Gasteiger partial charge in [-0.15, -0.1) is 0 Å². The van der Waals surface area contributed by atoms with Crippen LogP contribution in [0.25, 0.3) is 0 Å². The van der Waals surface area contributed by atoms with E-state index in [1.807, 2.05) is 0 Å². The van der Waals surface area contributed by atoms with E-state index in [1.54, 1.807) is 0 Å². The minimum atomic E-state index is -1.24. The molecule has 0 bridgehead atoms. The smallest absolute Gasteiger partial charge is 0.343 e. The van der Waals surface area contributed by atoms with Crippen molar-refractivity contribution in [2.24, 2.45) is 0 Å². The fourth-order valence-electron chi connectivity index (χ4n) is 0.754. The second-order valence-corrected chi connectivity index (χ2v) is 2.02. The van der Waals surface area contributed by atoms with Crippen LogP contribution in [0.1, 0.15) is 10.4 Å². The first kappa shape index (κ1) is 8.64. The molecule has 0 atom stereocenters. The van der Waals surface area contributed by atoms with E-state index >= 15 is 0 Å². The van der Waals surface area contributed by atoms with Crippen LogP contribution >= 0.6 is 0 Å². The average Bonchev–Trinajstić information content (AvgIpc) is 2.05. The maximum absolute atomic E-state index is 12.7. The molecule has 0 unspecified atom stereocenters. The minimum absolute atomic E-state index is 0.254. The first-order valence-corrected chi connectivity index (χ1v) is 3.23. The molecule has 0 amide bonds. The summed E-state index contributed by atoms with van der Waals surface area (Å²) < 4.78 is 28.2. The van der Waals surface area contributed by atoms with Crippen molar-refractivity contribution in [3.8, 4) is 0 Å². The molecule has 0 aliphatic heterocycles. The van der Waals surface area contributed by atoms with Gasteiger partial charge >= 0.3 is 5.97 Å². The summed E-state index contributed by atoms with van der Waals surface area (Å²) in [6.07, 6.45) is 0. The largest absolute Gasteiger partial charge is 0.430 e. The Morgan fingerprint density at radius 1 is 1.42 bits per heavy atom. The molecule has 0 saturated heterocycles. The second-order valence-electron chi connectivity index (χ2n) is 2.02. The van der Waals surface area contributed by atoms with Crippen LogP contribution < -0.4 is 0 Å². The third kappa shape index (κ3) is 1.78. The van der Waals surface area contributed by atoms with Crippen molar-refractivity contribution < 1.29 is 18.3 Å². The molecule has 4 heteroatoms. The van der Waals surface area contributed by atoms with Gasteiger partial charge in [0, 0.05) is 0 Å². The van der Waals surface area contributed by atoms with Gasteiger partial charge in [-0.2, -0.15) is 0 Å². The molecule has 0 aromatic heterocycles. The zero-order valence-corrected chi connectivity index (χ0v) is 6.09. The lowest BCUT2D eigenvalue weighted by Gasteiger charge is -1.99. The fraction of sp³-hybridized carbons (Fsp3) is 0.125. The molecule has 0 heterocycles. The summed E-state index contributed by atoms with van der Waals surface area (Å²) in [7, 11) is 0. The molecule has 0 N–H and O–H groups in total. The van der Waals surface area contributed by atoms with E-state index in [9.17, 15) is 13.6 Å². The van der Waals surface area contributed by atoms with Crippen LogP contribution in [0.5, 0.6) is 0 Å². The third-order valence-electron chi connectivity index (χ3n) is 1.28. The van der Waals surface area contributed by atoms with E-state index in [2.05, 4.69) is 4.74 Å². The lowest BCUT2D eigenvalue weighted by atomic mass is 10.2. The molecule has 0 fully saturated rings. The molecular weight excluding hydrogens is 166 g/mol. The average molecular weight is 172 g/mol. The Labute approximate surface area is 67.8 Å². The van der Waals surface area contributed by atoms with Crippen molar-refractivity contribution in [1.82, 2.24) is 0 Å². The Balaban J connectivity index is 2.87. The topological polar surface area (TPSA) is 26.3 Å². The van der Waals surface area contributed by atoms with Crippen molar-refractivity contribution in [3.05, 3.63) is 35.6 Å². The van der Waals surface area contributed by atoms with E-state index in [1.165, 1.54) is 18.2 Å². The Morgan fingerprint density at radius 3 is 2.67 bits per heavy atom. The lowest BCUT2D eigenvalue weighted by Crippen LogP contribution is -2.06. The number of ether oxygens (including phenoxy) is 1. The molecule has 12 heavy (non-hydrogen) atoms. The van der Waals surface area contributed by atoms with Crippen molar-refractivity contribution >= 4 is 5.97 Å². The van der Waals surface area contributed by atoms with Gasteiger partial charge in [0.1, 0.15) is 5.82 Å². The van der Waals surface area contributed by atoms with Gasteiger partial charge in [0.2, 0.25) is 6.86 Å². The number of hydrogen-bond acceptors (Lipinski definition) is 2. The summed E-state index contributed by atoms with van der Waals surface area (Å²) in [5, 5.41) is 0. The van der Waals surface area contributed by atoms with E-state index in [-0.39, 0.29) is 5.56 Å². The molecule has 1 aromatic rings. The van der Waals surface area contributed by atoms with Gasteiger partial charge < -0.3 is 4.74 Å². The van der Waals surface area contributed by atoms with E-state index < -0.39 is 18.6 Å². The number of hydrogen-bond donors (Lipinski definition) is 0. The van der Waals surface area contributed by atoms with Gasteiger partial charge in [0.15, 0.2) is 0 Å². The highest BCUT2D eigenvalue weighted by molar-refractivity contribution is 5.89. The molecule has 1 rings (SSSR count). The Morgan fingerprint density at radius 2 is 2.08 bits per heavy atom. The second kappa shape index (κ2) is 3.80. The molecule has 0 spiro atoms. The van der Waals surface area contributed by atoms with Crippen LogP contribution in [-0.4, -0.2) is 12.8 Å². The highest BCUT2D eigenvalue weighted by Gasteiger charge is 2.10. The highest BCUT2D eigenvalue weighted by Crippen LogP contribution is 2.07. The van der Waals surface area contributed by atoms with Gasteiger partial charge in [-0.1, -0.05) is 12.1 Å². The molecule has 0 aliphatic carbocycles. The Bertz CT molecular complexity index is 286. The van der Waals surface area contributed by atoms with Crippen LogP contribution in [0, 0.1) is 5.82 Å². The molecule has 2 nitrogen and oxygen atoms in total. The molecule has 0 radical (unpaired) electrons. The summed E-state index contributed by atoms with van der Waals surface area (Å²) in [6, 6.07) is 5.24. The fourth-order valence-corrected chi connectivity index (χ4v) is 0.754. The van der Waals surface area contributed by atoms with Crippen molar-refractivity contribution in [1.29, 1.82) is 0 Å². The van der Waals surface area contributed by atoms with Crippen LogP contribution in [0.4, 0.5) is 8.78 Å². The summed E-state index contributed by atoms with van der Waals surface area (Å²) in [5.74, 6) is -1.70. The lowest BCUT2D eigenvalue weighted by molar-refractivity contribution is 0.0319. The van der Waals surface area contributed by atoms with Gasteiger partial charge in [-0.3, -0.25) is 0 Å². The maximum Gasteiger partial charge on any atom is 0.343 e. The van der Waals surface area contributed by atoms with Crippen LogP contribution in [0.3, 0.4) is 0 Å². The van der Waals surface area contributed by atoms with Crippen molar-refractivity contribution in [2.45, 2.75) is 0 Å². The molecule has 0 saturated carbocycles. The quantitative estimate of drug-likeness (QED) is 0.637. The predicted octanol–water partition coefficient (Wildman–Crippen LogP) is 1.91. The number of rotatable bonds is 2. The van der Waals surface area contributed by atoms with E-state index in [0.717, 1.165) is 6.07 Å². The normalized spacial score (nSPS) is 9.50. The number of carbonyl (C=O) groups is 1. The molecule has 1 aromatic carbocycles. The van der Waals surface area contributed by atoms with Gasteiger partial charge in [0.05, 0.1) is 5.56 Å². The van der Waals surface area contributed by atoms with Crippen LogP contribution in [0.15, 0.2) is 24.3 Å². The zero-order valence-electron chi connectivity index (χ0n) is 6.09. The Kier molecular flexibility index (Phi) is 2.74. The zero-order chi connectivity index (χ0) is 8.97. The van der Waals surface area contributed by atoms with Crippen molar-refractivity contribution in [3.63, 3.8) is 0 Å². The van der Waals surface area contributed by atoms with Gasteiger partial charge in [-0.25, -0.2) is 13.6 Å². The standard InChI is InChI=1S/C8H6F2O2/c9-5-12-8(11)6-3-1-2-4-7(6)10/h1-4H,5H2. The highest BCUT2D eigenvalue weighted by atomic mass is 19.1. The Hall–Kier alpha value is -1.45. The monoisotopic (exact) mass is 172 g/mol. The minimum Gasteiger partial charge on any atom is -0.430 e. The summed E-state index contributed by atoms with van der Waals surface area (Å²) in [5.41, 5.74) is -0.254. The molecular formula is C8H6F2O2.